The first-order chi connectivity index (χ1) is 14.5. The second-order valence-corrected chi connectivity index (χ2v) is 9.12. The number of alkyl halides is 1. The van der Waals surface area contributed by atoms with Gasteiger partial charge in [0.2, 0.25) is 11.8 Å². The van der Waals surface area contributed by atoms with Gasteiger partial charge in [0.25, 0.3) is 0 Å². The first-order valence-corrected chi connectivity index (χ1v) is 11.8. The molecule has 1 aliphatic carbocycles. The van der Waals surface area contributed by atoms with Crippen molar-refractivity contribution in [2.75, 3.05) is 5.88 Å². The number of nitrogens with one attached hydrogen (secondary N) is 1. The molecule has 2 amide bonds. The molecule has 2 aromatic carbocycles. The third kappa shape index (κ3) is 6.08. The van der Waals surface area contributed by atoms with Crippen LogP contribution in [0, 0.1) is 6.92 Å². The molecular weight excluding hydrogens is 464 g/mol. The summed E-state index contributed by atoms with van der Waals surface area (Å²) in [5.74, 6) is -0.584. The molecule has 160 valence electrons. The Kier molecular flexibility index (Phi) is 8.34. The van der Waals surface area contributed by atoms with E-state index in [1.807, 2.05) is 55.5 Å². The van der Waals surface area contributed by atoms with Crippen molar-refractivity contribution in [2.45, 2.75) is 57.7 Å². The van der Waals surface area contributed by atoms with Gasteiger partial charge in [-0.2, -0.15) is 0 Å². The summed E-state index contributed by atoms with van der Waals surface area (Å²) >= 11 is 9.46. The average Bonchev–Trinajstić information content (AvgIpc) is 2.75. The van der Waals surface area contributed by atoms with Gasteiger partial charge in [-0.1, -0.05) is 77.2 Å². The van der Waals surface area contributed by atoms with E-state index in [2.05, 4.69) is 21.2 Å². The number of halogens is 2. The van der Waals surface area contributed by atoms with Crippen LogP contribution in [0.3, 0.4) is 0 Å². The van der Waals surface area contributed by atoms with Crippen LogP contribution in [-0.4, -0.2) is 28.6 Å². The van der Waals surface area contributed by atoms with Crippen LogP contribution < -0.4 is 5.32 Å². The Morgan fingerprint density at radius 1 is 1.13 bits per heavy atom. The highest BCUT2D eigenvalue weighted by atomic mass is 79.9. The van der Waals surface area contributed by atoms with Gasteiger partial charge in [0.15, 0.2) is 0 Å². The first kappa shape index (κ1) is 22.8. The minimum Gasteiger partial charge on any atom is -0.351 e. The molecule has 0 bridgehead atoms. The number of hydrogen-bond donors (Lipinski definition) is 1. The summed E-state index contributed by atoms with van der Waals surface area (Å²) in [6, 6.07) is 15.0. The maximum atomic E-state index is 13.5. The van der Waals surface area contributed by atoms with Crippen molar-refractivity contribution >= 4 is 39.3 Å². The maximum absolute atomic E-state index is 13.5. The van der Waals surface area contributed by atoms with E-state index in [0.29, 0.717) is 6.54 Å². The van der Waals surface area contributed by atoms with Gasteiger partial charge in [-0.3, -0.25) is 9.59 Å². The Labute approximate surface area is 192 Å². The lowest BCUT2D eigenvalue weighted by molar-refractivity contribution is -0.140. The number of aryl methyl sites for hydroxylation is 1. The monoisotopic (exact) mass is 490 g/mol. The third-order valence-corrected chi connectivity index (χ3v) is 6.31. The van der Waals surface area contributed by atoms with Crippen LogP contribution in [0.1, 0.15) is 54.8 Å². The number of nitrogens with zero attached hydrogens (tertiary/aromatic N) is 1. The van der Waals surface area contributed by atoms with E-state index < -0.39 is 6.04 Å². The minimum absolute atomic E-state index is 0.148. The molecule has 0 radical (unpaired) electrons. The molecule has 2 aromatic rings. The smallest absolute Gasteiger partial charge is 0.247 e. The predicted molar refractivity (Wildman–Crippen MR) is 124 cm³/mol. The van der Waals surface area contributed by atoms with Crippen LogP contribution in [0.5, 0.6) is 0 Å². The number of carbonyl (C=O) groups is 2. The van der Waals surface area contributed by atoms with Gasteiger partial charge in [-0.05, 0) is 43.0 Å². The molecule has 3 rings (SSSR count). The summed E-state index contributed by atoms with van der Waals surface area (Å²) in [6.45, 7) is 2.34. The lowest BCUT2D eigenvalue weighted by Gasteiger charge is -2.33. The predicted octanol–water partition coefficient (Wildman–Crippen LogP) is 5.52. The largest absolute Gasteiger partial charge is 0.351 e. The van der Waals surface area contributed by atoms with E-state index in [-0.39, 0.29) is 23.7 Å². The molecule has 30 heavy (non-hydrogen) atoms. The zero-order valence-corrected chi connectivity index (χ0v) is 19.6. The Bertz CT molecular complexity index is 866. The van der Waals surface area contributed by atoms with Crippen LogP contribution in [0.15, 0.2) is 53.0 Å². The quantitative estimate of drug-likeness (QED) is 0.519. The van der Waals surface area contributed by atoms with Crippen LogP contribution in [0.2, 0.25) is 0 Å². The molecule has 4 nitrogen and oxygen atoms in total. The molecule has 0 spiro atoms. The second kappa shape index (κ2) is 11.0. The minimum atomic E-state index is -0.739. The molecular formula is C24H28BrClN2O2. The van der Waals surface area contributed by atoms with E-state index in [1.54, 1.807) is 4.90 Å². The Balaban J connectivity index is 1.94. The Hall–Kier alpha value is -1.85. The van der Waals surface area contributed by atoms with E-state index in [0.717, 1.165) is 46.8 Å². The molecule has 1 saturated carbocycles. The first-order valence-electron chi connectivity index (χ1n) is 10.4. The number of amides is 2. The van der Waals surface area contributed by atoms with E-state index in [1.165, 1.54) is 6.42 Å². The van der Waals surface area contributed by atoms with Crippen molar-refractivity contribution < 1.29 is 9.59 Å². The molecule has 0 heterocycles. The lowest BCUT2D eigenvalue weighted by atomic mass is 9.94. The highest BCUT2D eigenvalue weighted by Gasteiger charge is 2.32. The van der Waals surface area contributed by atoms with Gasteiger partial charge >= 0.3 is 0 Å². The average molecular weight is 492 g/mol. The molecule has 0 saturated heterocycles. The van der Waals surface area contributed by atoms with E-state index in [4.69, 9.17) is 11.6 Å². The Morgan fingerprint density at radius 2 is 1.83 bits per heavy atom. The molecule has 0 aromatic heterocycles. The molecule has 1 fully saturated rings. The zero-order valence-electron chi connectivity index (χ0n) is 17.2. The molecule has 1 unspecified atom stereocenters. The zero-order chi connectivity index (χ0) is 21.5. The fourth-order valence-electron chi connectivity index (χ4n) is 3.97. The summed E-state index contributed by atoms with van der Waals surface area (Å²) in [4.78, 5) is 27.9. The normalized spacial score (nSPS) is 15.4. The van der Waals surface area contributed by atoms with Gasteiger partial charge in [0, 0.05) is 17.1 Å². The number of carbonyl (C=O) groups excluding carboxylic acids is 2. The lowest BCUT2D eigenvalue weighted by Crippen LogP contribution is -2.47. The maximum Gasteiger partial charge on any atom is 0.247 e. The van der Waals surface area contributed by atoms with Crippen LogP contribution in [-0.2, 0) is 16.1 Å². The van der Waals surface area contributed by atoms with E-state index in [9.17, 15) is 9.59 Å². The summed E-state index contributed by atoms with van der Waals surface area (Å²) < 4.78 is 0.865. The second-order valence-electron chi connectivity index (χ2n) is 7.94. The summed E-state index contributed by atoms with van der Waals surface area (Å²) in [6.07, 6.45) is 5.43. The number of rotatable bonds is 7. The van der Waals surface area contributed by atoms with Gasteiger partial charge < -0.3 is 10.2 Å². The fraction of sp³-hybridized carbons (Fsp3) is 0.417. The van der Waals surface area contributed by atoms with Crippen molar-refractivity contribution in [3.8, 4) is 0 Å². The van der Waals surface area contributed by atoms with E-state index >= 15 is 0 Å². The summed E-state index contributed by atoms with van der Waals surface area (Å²) in [5.41, 5.74) is 2.88. The number of benzene rings is 2. The van der Waals surface area contributed by atoms with Crippen LogP contribution in [0.25, 0.3) is 0 Å². The van der Waals surface area contributed by atoms with Crippen molar-refractivity contribution in [3.63, 3.8) is 0 Å². The summed E-state index contributed by atoms with van der Waals surface area (Å²) in [5, 5.41) is 3.20. The highest BCUT2D eigenvalue weighted by Crippen LogP contribution is 2.28. The van der Waals surface area contributed by atoms with Crippen LogP contribution in [0.4, 0.5) is 0 Å². The highest BCUT2D eigenvalue weighted by molar-refractivity contribution is 9.10. The topological polar surface area (TPSA) is 49.4 Å². The third-order valence-electron chi connectivity index (χ3n) is 5.58. The fourth-order valence-corrected chi connectivity index (χ4v) is 4.54. The van der Waals surface area contributed by atoms with Gasteiger partial charge in [0.1, 0.15) is 11.9 Å². The molecule has 0 aliphatic heterocycles. The van der Waals surface area contributed by atoms with Crippen molar-refractivity contribution in [2.24, 2.45) is 0 Å². The van der Waals surface area contributed by atoms with Gasteiger partial charge in [0.05, 0.1) is 0 Å². The summed E-state index contributed by atoms with van der Waals surface area (Å²) in [7, 11) is 0. The molecule has 1 atom stereocenters. The van der Waals surface area contributed by atoms with Crippen molar-refractivity contribution in [1.82, 2.24) is 10.2 Å². The molecule has 1 N–H and O–H groups in total. The van der Waals surface area contributed by atoms with Crippen molar-refractivity contribution in [1.29, 1.82) is 0 Å². The molecule has 6 heteroatoms. The standard InChI is InChI=1S/C24H28BrClN2O2/c1-17-10-12-18(13-11-17)16-28(22(29)15-26)23(19-6-5-7-20(25)14-19)24(30)27-21-8-3-2-4-9-21/h5-7,10-14,21,23H,2-4,8-9,15-16H2,1H3,(H,27,30). The Morgan fingerprint density at radius 3 is 2.47 bits per heavy atom. The van der Waals surface area contributed by atoms with Gasteiger partial charge in [-0.25, -0.2) is 0 Å². The van der Waals surface area contributed by atoms with Crippen molar-refractivity contribution in [3.05, 3.63) is 69.7 Å². The van der Waals surface area contributed by atoms with Crippen LogP contribution >= 0.6 is 27.5 Å². The van der Waals surface area contributed by atoms with Gasteiger partial charge in [-0.15, -0.1) is 11.6 Å². The SMILES string of the molecule is Cc1ccc(CN(C(=O)CCl)C(C(=O)NC2CCCCC2)c2cccc(Br)c2)cc1. The number of hydrogen-bond acceptors (Lipinski definition) is 2. The molecule has 1 aliphatic rings.